The van der Waals surface area contributed by atoms with Crippen molar-refractivity contribution in [1.82, 2.24) is 0 Å². The first-order valence-electron chi connectivity index (χ1n) is 7.42. The first-order chi connectivity index (χ1) is 10.9. The van der Waals surface area contributed by atoms with Gasteiger partial charge in [0.2, 0.25) is 0 Å². The highest BCUT2D eigenvalue weighted by atomic mass is 16.2. The van der Waals surface area contributed by atoms with Gasteiger partial charge in [-0.3, -0.25) is 0 Å². The van der Waals surface area contributed by atoms with E-state index in [9.17, 15) is 0 Å². The lowest BCUT2D eigenvalue weighted by molar-refractivity contribution is 0.399. The molecule has 22 heavy (non-hydrogen) atoms. The molecule has 0 amide bonds. The largest absolute Gasteiger partial charge is 0.400 e. The lowest BCUT2D eigenvalue weighted by Gasteiger charge is -2.13. The van der Waals surface area contributed by atoms with E-state index in [1.54, 1.807) is 0 Å². The Kier molecular flexibility index (Phi) is 2.95. The second kappa shape index (κ2) is 4.97. The third-order valence-electron chi connectivity index (χ3n) is 4.39. The predicted molar refractivity (Wildman–Crippen MR) is 95.8 cm³/mol. The molecule has 0 saturated heterocycles. The predicted octanol–water partition coefficient (Wildman–Crippen LogP) is 5.35. The van der Waals surface area contributed by atoms with Gasteiger partial charge in [-0.05, 0) is 43.1 Å². The molecule has 0 radical (unpaired) electrons. The van der Waals surface area contributed by atoms with E-state index in [1.807, 2.05) is 0 Å². The van der Waals surface area contributed by atoms with Crippen LogP contribution in [0.2, 0.25) is 0 Å². The Bertz CT molecular complexity index is 923. The SMILES string of the molecule is CO.c1cc2cccc3c4cccc5cccc(c(c1)c23)c54. The quantitative estimate of drug-likeness (QED) is 0.300. The van der Waals surface area contributed by atoms with Crippen LogP contribution < -0.4 is 0 Å². The van der Waals surface area contributed by atoms with Crippen LogP contribution in [0.1, 0.15) is 0 Å². The molecule has 1 nitrogen and oxygen atoms in total. The van der Waals surface area contributed by atoms with Crippen LogP contribution in [0.3, 0.4) is 0 Å². The maximum Gasteiger partial charge on any atom is 0.0319 e. The molecular weight excluding hydrogens is 268 g/mol. The van der Waals surface area contributed by atoms with E-state index in [1.165, 1.54) is 43.1 Å². The van der Waals surface area contributed by atoms with Gasteiger partial charge in [-0.15, -0.1) is 0 Å². The van der Waals surface area contributed by atoms with Crippen molar-refractivity contribution in [3.05, 3.63) is 72.8 Å². The molecule has 5 aromatic rings. The molecule has 0 spiro atoms. The van der Waals surface area contributed by atoms with E-state index in [2.05, 4.69) is 72.8 Å². The molecule has 0 fully saturated rings. The molecule has 0 atom stereocenters. The summed E-state index contributed by atoms with van der Waals surface area (Å²) >= 11 is 0. The second-order valence-electron chi connectivity index (χ2n) is 5.42. The Morgan fingerprint density at radius 1 is 0.455 bits per heavy atom. The van der Waals surface area contributed by atoms with Gasteiger partial charge in [-0.25, -0.2) is 0 Å². The molecule has 1 heteroatoms. The van der Waals surface area contributed by atoms with Crippen molar-refractivity contribution in [2.45, 2.75) is 0 Å². The standard InChI is InChI=1S/C20H12.CH4O/c1-5-13-6-2-11-17-18-12-4-8-14-7-3-10-16(20(14)18)15(9-1)19(13)17;1-2/h1-12H;2H,1H3. The summed E-state index contributed by atoms with van der Waals surface area (Å²) in [6, 6.07) is 26.4. The Morgan fingerprint density at radius 3 is 1.00 bits per heavy atom. The molecule has 106 valence electrons. The third-order valence-corrected chi connectivity index (χ3v) is 4.39. The van der Waals surface area contributed by atoms with E-state index in [-0.39, 0.29) is 0 Å². The molecule has 0 aromatic heterocycles. The van der Waals surface area contributed by atoms with Crippen molar-refractivity contribution in [3.63, 3.8) is 0 Å². The second-order valence-corrected chi connectivity index (χ2v) is 5.42. The van der Waals surface area contributed by atoms with Gasteiger partial charge in [0.05, 0.1) is 0 Å². The van der Waals surface area contributed by atoms with Crippen LogP contribution in [-0.2, 0) is 0 Å². The zero-order chi connectivity index (χ0) is 15.1. The summed E-state index contributed by atoms with van der Waals surface area (Å²) in [7, 11) is 1.00. The molecule has 0 aliphatic heterocycles. The molecule has 5 aromatic carbocycles. The van der Waals surface area contributed by atoms with Crippen molar-refractivity contribution in [1.29, 1.82) is 0 Å². The van der Waals surface area contributed by atoms with Crippen molar-refractivity contribution in [3.8, 4) is 0 Å². The minimum atomic E-state index is 1.00. The van der Waals surface area contributed by atoms with Crippen LogP contribution in [0.5, 0.6) is 0 Å². The number of fused-ring (bicyclic) bond motifs is 2. The minimum Gasteiger partial charge on any atom is -0.400 e. The highest BCUT2D eigenvalue weighted by Crippen LogP contribution is 2.39. The maximum atomic E-state index is 7.00. The first kappa shape index (κ1) is 13.1. The van der Waals surface area contributed by atoms with Crippen molar-refractivity contribution in [2.24, 2.45) is 0 Å². The van der Waals surface area contributed by atoms with Gasteiger partial charge in [0.15, 0.2) is 0 Å². The molecule has 5 rings (SSSR count). The van der Waals surface area contributed by atoms with E-state index in [4.69, 9.17) is 5.11 Å². The molecule has 0 bridgehead atoms. The highest BCUT2D eigenvalue weighted by Gasteiger charge is 2.11. The summed E-state index contributed by atoms with van der Waals surface area (Å²) in [6.07, 6.45) is 0. The number of hydrogen-bond acceptors (Lipinski definition) is 1. The number of aliphatic hydroxyl groups is 1. The number of rotatable bonds is 0. The van der Waals surface area contributed by atoms with Crippen LogP contribution in [0.4, 0.5) is 0 Å². The zero-order valence-electron chi connectivity index (χ0n) is 12.4. The van der Waals surface area contributed by atoms with E-state index in [0.29, 0.717) is 0 Å². The van der Waals surface area contributed by atoms with Crippen LogP contribution in [0.25, 0.3) is 43.1 Å². The molecule has 0 heterocycles. The van der Waals surface area contributed by atoms with Crippen LogP contribution in [0, 0.1) is 0 Å². The number of hydrogen-bond donors (Lipinski definition) is 1. The molecule has 0 aliphatic carbocycles. The van der Waals surface area contributed by atoms with E-state index < -0.39 is 0 Å². The van der Waals surface area contributed by atoms with Gasteiger partial charge >= 0.3 is 0 Å². The van der Waals surface area contributed by atoms with Crippen molar-refractivity contribution >= 4 is 43.1 Å². The Hall–Kier alpha value is -2.64. The lowest BCUT2D eigenvalue weighted by atomic mass is 9.90. The number of aliphatic hydroxyl groups excluding tert-OH is 1. The normalized spacial score (nSPS) is 11.2. The van der Waals surface area contributed by atoms with Gasteiger partial charge < -0.3 is 5.11 Å². The molecular formula is C21H16O. The minimum absolute atomic E-state index is 1.00. The fraction of sp³-hybridized carbons (Fsp3) is 0.0476. The summed E-state index contributed by atoms with van der Waals surface area (Å²) in [5.74, 6) is 0. The highest BCUT2D eigenvalue weighted by molar-refractivity contribution is 6.32. The number of benzene rings is 5. The average molecular weight is 284 g/mol. The lowest BCUT2D eigenvalue weighted by Crippen LogP contribution is -1.85. The van der Waals surface area contributed by atoms with Gasteiger partial charge in [0, 0.05) is 7.11 Å². The van der Waals surface area contributed by atoms with Crippen LogP contribution >= 0.6 is 0 Å². The average Bonchev–Trinajstić information content (AvgIpc) is 2.61. The van der Waals surface area contributed by atoms with Gasteiger partial charge in [-0.2, -0.15) is 0 Å². The Balaban J connectivity index is 0.000000602. The van der Waals surface area contributed by atoms with Gasteiger partial charge in [0.1, 0.15) is 0 Å². The first-order valence-corrected chi connectivity index (χ1v) is 7.42. The summed E-state index contributed by atoms with van der Waals surface area (Å²) in [5.41, 5.74) is 0. The topological polar surface area (TPSA) is 20.2 Å². The molecule has 1 N–H and O–H groups in total. The fourth-order valence-corrected chi connectivity index (χ4v) is 3.58. The Morgan fingerprint density at radius 2 is 0.727 bits per heavy atom. The van der Waals surface area contributed by atoms with E-state index >= 15 is 0 Å². The fourth-order valence-electron chi connectivity index (χ4n) is 3.58. The summed E-state index contributed by atoms with van der Waals surface area (Å²) < 4.78 is 0. The van der Waals surface area contributed by atoms with Crippen molar-refractivity contribution in [2.75, 3.05) is 7.11 Å². The van der Waals surface area contributed by atoms with Gasteiger partial charge in [-0.1, -0.05) is 72.8 Å². The maximum absolute atomic E-state index is 7.00. The molecule has 0 saturated carbocycles. The summed E-state index contributed by atoms with van der Waals surface area (Å²) in [4.78, 5) is 0. The third kappa shape index (κ3) is 1.63. The van der Waals surface area contributed by atoms with Crippen molar-refractivity contribution < 1.29 is 5.11 Å². The summed E-state index contributed by atoms with van der Waals surface area (Å²) in [6.45, 7) is 0. The molecule has 0 aliphatic rings. The van der Waals surface area contributed by atoms with Crippen LogP contribution in [0.15, 0.2) is 72.8 Å². The zero-order valence-corrected chi connectivity index (χ0v) is 12.4. The van der Waals surface area contributed by atoms with E-state index in [0.717, 1.165) is 7.11 Å². The smallest absolute Gasteiger partial charge is 0.0319 e. The summed E-state index contributed by atoms with van der Waals surface area (Å²) in [5, 5.41) is 17.9. The van der Waals surface area contributed by atoms with Crippen LogP contribution in [-0.4, -0.2) is 12.2 Å². The monoisotopic (exact) mass is 284 g/mol. The molecule has 0 unspecified atom stereocenters. The van der Waals surface area contributed by atoms with Gasteiger partial charge in [0.25, 0.3) is 0 Å². The Labute approximate surface area is 128 Å².